The number of carbonyl (C=O) groups is 2. The molecule has 15 heavy (non-hydrogen) atoms. The highest BCUT2D eigenvalue weighted by Crippen LogP contribution is 1.94. The van der Waals surface area contributed by atoms with Crippen molar-refractivity contribution in [3.63, 3.8) is 0 Å². The first-order chi connectivity index (χ1) is 7.06. The molecular formula is C10H19NO4. The van der Waals surface area contributed by atoms with Crippen LogP contribution in [0.2, 0.25) is 0 Å². The summed E-state index contributed by atoms with van der Waals surface area (Å²) < 4.78 is 4.67. The lowest BCUT2D eigenvalue weighted by molar-refractivity contribution is -0.154. The molecule has 1 unspecified atom stereocenters. The molecule has 1 atom stereocenters. The molecule has 0 spiro atoms. The van der Waals surface area contributed by atoms with Gasteiger partial charge in [-0.25, -0.2) is 0 Å². The van der Waals surface area contributed by atoms with Crippen molar-refractivity contribution in [1.29, 1.82) is 0 Å². The molecule has 0 fully saturated rings. The molecule has 88 valence electrons. The number of carbonyl (C=O) groups excluding carboxylic acids is 2. The van der Waals surface area contributed by atoms with Crippen molar-refractivity contribution in [2.75, 3.05) is 6.61 Å². The number of hydrogen-bond donors (Lipinski definition) is 1. The van der Waals surface area contributed by atoms with Crippen LogP contribution in [0, 0.1) is 0 Å². The summed E-state index contributed by atoms with van der Waals surface area (Å²) in [5, 5.41) is 0. The lowest BCUT2D eigenvalue weighted by Crippen LogP contribution is -2.28. The summed E-state index contributed by atoms with van der Waals surface area (Å²) in [5.41, 5.74) is 2.62. The van der Waals surface area contributed by atoms with Crippen molar-refractivity contribution < 1.29 is 19.2 Å². The average Bonchev–Trinajstić information content (AvgIpc) is 2.20. The smallest absolute Gasteiger partial charge is 0.324 e. The maximum absolute atomic E-state index is 11.1. The van der Waals surface area contributed by atoms with E-state index >= 15 is 0 Å². The van der Waals surface area contributed by atoms with Gasteiger partial charge in [0.1, 0.15) is 0 Å². The third kappa shape index (κ3) is 9.21. The predicted molar refractivity (Wildman–Crippen MR) is 54.8 cm³/mol. The van der Waals surface area contributed by atoms with Crippen LogP contribution >= 0.6 is 0 Å². The zero-order chi connectivity index (χ0) is 11.7. The molecule has 0 amide bonds. The number of ether oxygens (including phenoxy) is 1. The van der Waals surface area contributed by atoms with Gasteiger partial charge >= 0.3 is 11.9 Å². The van der Waals surface area contributed by atoms with Crippen LogP contribution in [0.25, 0.3) is 0 Å². The summed E-state index contributed by atoms with van der Waals surface area (Å²) in [7, 11) is 0. The predicted octanol–water partition coefficient (Wildman–Crippen LogP) is 1.18. The molecule has 0 aliphatic rings. The minimum absolute atomic E-state index is 0.155. The van der Waals surface area contributed by atoms with Crippen LogP contribution in [0.1, 0.15) is 40.0 Å². The maximum Gasteiger partial charge on any atom is 0.324 e. The number of hydroxylamine groups is 1. The van der Waals surface area contributed by atoms with E-state index in [0.717, 1.165) is 6.42 Å². The Labute approximate surface area is 90.1 Å². The minimum atomic E-state index is -0.332. The lowest BCUT2D eigenvalue weighted by atomic mass is 10.3. The van der Waals surface area contributed by atoms with Gasteiger partial charge < -0.3 is 9.57 Å². The van der Waals surface area contributed by atoms with Gasteiger partial charge in [0.25, 0.3) is 0 Å². The molecule has 0 aliphatic heterocycles. The van der Waals surface area contributed by atoms with Crippen molar-refractivity contribution in [3.05, 3.63) is 0 Å². The van der Waals surface area contributed by atoms with Gasteiger partial charge in [0.15, 0.2) is 0 Å². The van der Waals surface area contributed by atoms with E-state index in [1.807, 2.05) is 13.8 Å². The topological polar surface area (TPSA) is 64.6 Å². The normalized spacial score (nSPS) is 11.9. The Morgan fingerprint density at radius 2 is 2.07 bits per heavy atom. The van der Waals surface area contributed by atoms with Crippen molar-refractivity contribution in [1.82, 2.24) is 5.48 Å². The number of hydrogen-bond acceptors (Lipinski definition) is 5. The monoisotopic (exact) mass is 217 g/mol. The quantitative estimate of drug-likeness (QED) is 0.394. The van der Waals surface area contributed by atoms with E-state index in [9.17, 15) is 9.59 Å². The van der Waals surface area contributed by atoms with Gasteiger partial charge in [-0.05, 0) is 19.8 Å². The van der Waals surface area contributed by atoms with Gasteiger partial charge in [0.05, 0.1) is 13.0 Å². The minimum Gasteiger partial charge on any atom is -0.466 e. The van der Waals surface area contributed by atoms with Gasteiger partial charge in [-0.2, -0.15) is 5.48 Å². The summed E-state index contributed by atoms with van der Waals surface area (Å²) in [5.74, 6) is -0.663. The Morgan fingerprint density at radius 1 is 1.40 bits per heavy atom. The van der Waals surface area contributed by atoms with E-state index in [4.69, 9.17) is 4.84 Å². The summed E-state index contributed by atoms with van der Waals surface area (Å²) in [6.07, 6.45) is 1.62. The number of nitrogens with one attached hydrogen (secondary N) is 1. The molecule has 0 aromatic heterocycles. The fourth-order valence-electron chi connectivity index (χ4n) is 0.733. The number of esters is 1. The molecule has 1 N–H and O–H groups in total. The highest BCUT2D eigenvalue weighted by Gasteiger charge is 2.05. The van der Waals surface area contributed by atoms with E-state index < -0.39 is 0 Å². The fourth-order valence-corrected chi connectivity index (χ4v) is 0.733. The highest BCUT2D eigenvalue weighted by atomic mass is 16.7. The molecule has 0 bridgehead atoms. The Morgan fingerprint density at radius 3 is 2.60 bits per heavy atom. The largest absolute Gasteiger partial charge is 0.466 e. The fraction of sp³-hybridized carbons (Fsp3) is 0.800. The lowest BCUT2D eigenvalue weighted by Gasteiger charge is -2.10. The van der Waals surface area contributed by atoms with Crippen LogP contribution in [0.15, 0.2) is 0 Å². The van der Waals surface area contributed by atoms with E-state index in [0.29, 0.717) is 6.42 Å². The molecule has 0 saturated heterocycles. The molecule has 0 radical (unpaired) electrons. The summed E-state index contributed by atoms with van der Waals surface area (Å²) in [4.78, 5) is 26.2. The van der Waals surface area contributed by atoms with E-state index in [2.05, 4.69) is 10.2 Å². The van der Waals surface area contributed by atoms with Crippen LogP contribution in [0.4, 0.5) is 0 Å². The molecule has 0 heterocycles. The molecule has 0 aromatic rings. The van der Waals surface area contributed by atoms with Crippen molar-refractivity contribution in [2.45, 2.75) is 46.1 Å². The van der Waals surface area contributed by atoms with E-state index in [1.165, 1.54) is 6.92 Å². The molecule has 0 aliphatic carbocycles. The zero-order valence-corrected chi connectivity index (χ0v) is 9.54. The highest BCUT2D eigenvalue weighted by molar-refractivity contribution is 5.69. The molecule has 5 heteroatoms. The van der Waals surface area contributed by atoms with Crippen molar-refractivity contribution >= 4 is 11.9 Å². The van der Waals surface area contributed by atoms with Crippen LogP contribution < -0.4 is 5.48 Å². The van der Waals surface area contributed by atoms with E-state index in [1.54, 1.807) is 0 Å². The van der Waals surface area contributed by atoms with E-state index in [-0.39, 0.29) is 31.0 Å². The maximum atomic E-state index is 11.1. The first kappa shape index (κ1) is 13.9. The number of rotatable bonds is 7. The van der Waals surface area contributed by atoms with Crippen LogP contribution in [-0.4, -0.2) is 24.6 Å². The molecule has 0 aromatic carbocycles. The first-order valence-corrected chi connectivity index (χ1v) is 5.14. The summed E-state index contributed by atoms with van der Waals surface area (Å²) >= 11 is 0. The summed E-state index contributed by atoms with van der Waals surface area (Å²) in [6.45, 7) is 5.51. The standard InChI is InChI=1S/C10H19NO4/c1-4-8(2)11-15-10(13)6-5-7-14-9(3)12/h8,11H,4-7H2,1-3H3. The third-order valence-corrected chi connectivity index (χ3v) is 1.82. The molecule has 0 saturated carbocycles. The van der Waals surface area contributed by atoms with Crippen LogP contribution in [-0.2, 0) is 19.2 Å². The van der Waals surface area contributed by atoms with Gasteiger partial charge in [0.2, 0.25) is 0 Å². The second kappa shape index (κ2) is 8.23. The van der Waals surface area contributed by atoms with Crippen molar-refractivity contribution in [2.24, 2.45) is 0 Å². The molecule has 5 nitrogen and oxygen atoms in total. The van der Waals surface area contributed by atoms with Gasteiger partial charge in [-0.15, -0.1) is 0 Å². The third-order valence-electron chi connectivity index (χ3n) is 1.82. The van der Waals surface area contributed by atoms with Gasteiger partial charge in [0, 0.05) is 13.0 Å². The SMILES string of the molecule is CCC(C)NOC(=O)CCCOC(C)=O. The Bertz CT molecular complexity index is 206. The zero-order valence-electron chi connectivity index (χ0n) is 9.54. The Balaban J connectivity index is 3.37. The average molecular weight is 217 g/mol. The second-order valence-corrected chi connectivity index (χ2v) is 3.34. The van der Waals surface area contributed by atoms with Gasteiger partial charge in [-0.3, -0.25) is 9.59 Å². The Hall–Kier alpha value is -1.10. The molecule has 0 rings (SSSR count). The van der Waals surface area contributed by atoms with Gasteiger partial charge in [-0.1, -0.05) is 6.92 Å². The van der Waals surface area contributed by atoms with Crippen LogP contribution in [0.5, 0.6) is 0 Å². The first-order valence-electron chi connectivity index (χ1n) is 5.14. The summed E-state index contributed by atoms with van der Waals surface area (Å²) in [6, 6.07) is 0.155. The van der Waals surface area contributed by atoms with Crippen molar-refractivity contribution in [3.8, 4) is 0 Å². The Kier molecular flexibility index (Phi) is 7.62. The van der Waals surface area contributed by atoms with Crippen LogP contribution in [0.3, 0.4) is 0 Å². The molecular weight excluding hydrogens is 198 g/mol. The second-order valence-electron chi connectivity index (χ2n) is 3.34.